The molecule has 0 aromatic heterocycles. The third-order valence-corrected chi connectivity index (χ3v) is 6.70. The molecule has 7 heteroatoms. The van der Waals surface area contributed by atoms with Gasteiger partial charge in [0.05, 0.1) is 12.5 Å². The largest absolute Gasteiger partial charge is 0.336 e. The number of likely N-dealkylation sites (tertiary alicyclic amines) is 1. The Bertz CT molecular complexity index is 810. The van der Waals surface area contributed by atoms with Crippen molar-refractivity contribution in [3.8, 4) is 0 Å². The van der Waals surface area contributed by atoms with Gasteiger partial charge in [-0.05, 0) is 58.0 Å². The molecule has 0 radical (unpaired) electrons. The second-order valence-electron chi connectivity index (χ2n) is 9.37. The molecule has 1 aliphatic heterocycles. The number of hydrogen-bond acceptors (Lipinski definition) is 5. The Labute approximate surface area is 185 Å². The van der Waals surface area contributed by atoms with Gasteiger partial charge in [0.1, 0.15) is 5.78 Å². The third kappa shape index (κ3) is 5.92. The molecule has 2 aliphatic rings. The Morgan fingerprint density at radius 3 is 2.68 bits per heavy atom. The number of rotatable bonds is 6. The van der Waals surface area contributed by atoms with E-state index >= 15 is 0 Å². The first kappa shape index (κ1) is 23.4. The number of aryl methyl sites for hydroxylation is 1. The van der Waals surface area contributed by atoms with E-state index < -0.39 is 0 Å². The van der Waals surface area contributed by atoms with Crippen LogP contribution in [0.4, 0.5) is 4.79 Å². The number of carbonyl (C=O) groups is 3. The predicted molar refractivity (Wildman–Crippen MR) is 121 cm³/mol. The van der Waals surface area contributed by atoms with Gasteiger partial charge in [-0.2, -0.15) is 0 Å². The van der Waals surface area contributed by atoms with Crippen LogP contribution in [0, 0.1) is 18.8 Å². The number of imide groups is 1. The molecule has 1 aliphatic carbocycles. The quantitative estimate of drug-likeness (QED) is 0.753. The molecule has 3 atom stereocenters. The number of carbonyl (C=O) groups excluding carboxylic acids is 3. The second-order valence-corrected chi connectivity index (χ2v) is 9.37. The fourth-order valence-electron chi connectivity index (χ4n) is 4.91. The van der Waals surface area contributed by atoms with Crippen molar-refractivity contribution in [1.82, 2.24) is 20.0 Å². The van der Waals surface area contributed by atoms with Crippen LogP contribution >= 0.6 is 0 Å². The first-order valence-corrected chi connectivity index (χ1v) is 11.3. The molecule has 1 heterocycles. The summed E-state index contributed by atoms with van der Waals surface area (Å²) < 4.78 is 0. The van der Waals surface area contributed by atoms with E-state index in [0.29, 0.717) is 50.7 Å². The minimum absolute atomic E-state index is 0.145. The summed E-state index contributed by atoms with van der Waals surface area (Å²) in [5, 5.41) is 2.91. The van der Waals surface area contributed by atoms with Crippen molar-refractivity contribution in [2.75, 3.05) is 40.8 Å². The molecular formula is C24H36N4O3. The summed E-state index contributed by atoms with van der Waals surface area (Å²) in [5.41, 5.74) is 2.02. The van der Waals surface area contributed by atoms with Crippen LogP contribution in [0.5, 0.6) is 0 Å². The monoisotopic (exact) mass is 428 g/mol. The fraction of sp³-hybridized carbons (Fsp3) is 0.625. The minimum atomic E-state index is -0.348. The average Bonchev–Trinajstić information content (AvgIpc) is 2.72. The summed E-state index contributed by atoms with van der Waals surface area (Å²) in [7, 11) is 5.93. The topological polar surface area (TPSA) is 73.0 Å². The maximum Gasteiger partial charge on any atom is 0.324 e. The highest BCUT2D eigenvalue weighted by molar-refractivity contribution is 5.95. The molecule has 3 rings (SSSR count). The Morgan fingerprint density at radius 1 is 1.23 bits per heavy atom. The van der Waals surface area contributed by atoms with Crippen LogP contribution in [0.2, 0.25) is 0 Å². The lowest BCUT2D eigenvalue weighted by molar-refractivity contribution is -0.138. The highest BCUT2D eigenvalue weighted by Gasteiger charge is 2.42. The van der Waals surface area contributed by atoms with E-state index in [2.05, 4.69) is 10.2 Å². The lowest BCUT2D eigenvalue weighted by Crippen LogP contribution is -2.55. The van der Waals surface area contributed by atoms with E-state index in [0.717, 1.165) is 17.5 Å². The molecule has 3 amide bonds. The molecule has 0 bridgehead atoms. The van der Waals surface area contributed by atoms with Gasteiger partial charge in [-0.15, -0.1) is 0 Å². The van der Waals surface area contributed by atoms with Crippen LogP contribution < -0.4 is 5.32 Å². The number of fused-ring (bicyclic) bond motifs is 1. The first-order valence-electron chi connectivity index (χ1n) is 11.3. The Balaban J connectivity index is 1.76. The molecular weight excluding hydrogens is 392 g/mol. The normalized spacial score (nSPS) is 24.0. The number of benzene rings is 1. The summed E-state index contributed by atoms with van der Waals surface area (Å²) in [4.78, 5) is 44.2. The van der Waals surface area contributed by atoms with Crippen LogP contribution in [0.25, 0.3) is 0 Å². The number of ketones is 1. The SMILES string of the molecule is Cc1ccccc1CN(C(=O)NCCN(C)C)C(=O)[C@@H]1C[C@@H]2CC(=O)CC[C@H]2N(C)C1. The van der Waals surface area contributed by atoms with Gasteiger partial charge in [-0.25, -0.2) is 4.79 Å². The maximum atomic E-state index is 13.6. The number of likely N-dealkylation sites (N-methyl/N-ethyl adjacent to an activating group) is 1. The molecule has 1 saturated heterocycles. The van der Waals surface area contributed by atoms with E-state index in [9.17, 15) is 14.4 Å². The number of nitrogens with zero attached hydrogens (tertiary/aromatic N) is 3. The van der Waals surface area contributed by atoms with Gasteiger partial charge in [0.2, 0.25) is 5.91 Å². The Kier molecular flexibility index (Phi) is 7.84. The zero-order chi connectivity index (χ0) is 22.5. The summed E-state index contributed by atoms with van der Waals surface area (Å²) in [6.45, 7) is 4.06. The standard InChI is InChI=1S/C24H36N4O3/c1-17-7-5-6-8-18(17)16-28(24(31)25-11-12-26(2)3)23(30)20-13-19-14-21(29)9-10-22(19)27(4)15-20/h5-8,19-20,22H,9-16H2,1-4H3,(H,25,31)/t19-,20-,22-/m1/s1. The van der Waals surface area contributed by atoms with E-state index in [-0.39, 0.29) is 30.3 Å². The summed E-state index contributed by atoms with van der Waals surface area (Å²) in [6, 6.07) is 7.86. The molecule has 1 aromatic rings. The smallest absolute Gasteiger partial charge is 0.324 e. The molecule has 2 fully saturated rings. The van der Waals surface area contributed by atoms with E-state index in [4.69, 9.17) is 0 Å². The van der Waals surface area contributed by atoms with E-state index in [1.807, 2.05) is 57.2 Å². The van der Waals surface area contributed by atoms with Crippen molar-refractivity contribution in [2.45, 2.75) is 45.2 Å². The van der Waals surface area contributed by atoms with Gasteiger partial charge in [0.15, 0.2) is 0 Å². The van der Waals surface area contributed by atoms with E-state index in [1.165, 1.54) is 4.90 Å². The molecule has 1 saturated carbocycles. The van der Waals surface area contributed by atoms with Crippen molar-refractivity contribution in [3.63, 3.8) is 0 Å². The van der Waals surface area contributed by atoms with Crippen LogP contribution in [0.1, 0.15) is 36.8 Å². The van der Waals surface area contributed by atoms with Gasteiger partial charge in [-0.3, -0.25) is 14.5 Å². The number of Topliss-reactive ketones (excluding diaryl/α,β-unsaturated/α-hetero) is 1. The number of urea groups is 1. The van der Waals surface area contributed by atoms with Gasteiger partial charge in [0, 0.05) is 38.5 Å². The van der Waals surface area contributed by atoms with Crippen LogP contribution in [-0.4, -0.2) is 79.2 Å². The number of amides is 3. The van der Waals surface area contributed by atoms with Crippen molar-refractivity contribution in [1.29, 1.82) is 0 Å². The number of piperidine rings is 1. The molecule has 0 unspecified atom stereocenters. The zero-order valence-corrected chi connectivity index (χ0v) is 19.3. The summed E-state index contributed by atoms with van der Waals surface area (Å²) in [6.07, 6.45) is 2.73. The Morgan fingerprint density at radius 2 is 1.97 bits per heavy atom. The highest BCUT2D eigenvalue weighted by Crippen LogP contribution is 2.36. The van der Waals surface area contributed by atoms with E-state index in [1.54, 1.807) is 0 Å². The van der Waals surface area contributed by atoms with Gasteiger partial charge in [-0.1, -0.05) is 24.3 Å². The molecule has 7 nitrogen and oxygen atoms in total. The number of hydrogen-bond donors (Lipinski definition) is 1. The Hall–Kier alpha value is -2.25. The van der Waals surface area contributed by atoms with Crippen LogP contribution in [0.15, 0.2) is 24.3 Å². The average molecular weight is 429 g/mol. The summed E-state index contributed by atoms with van der Waals surface area (Å²) >= 11 is 0. The lowest BCUT2D eigenvalue weighted by atomic mass is 9.74. The molecule has 170 valence electrons. The molecule has 1 N–H and O–H groups in total. The van der Waals surface area contributed by atoms with Crippen molar-refractivity contribution in [3.05, 3.63) is 35.4 Å². The highest BCUT2D eigenvalue weighted by atomic mass is 16.2. The van der Waals surface area contributed by atoms with Gasteiger partial charge < -0.3 is 15.1 Å². The minimum Gasteiger partial charge on any atom is -0.336 e. The molecule has 0 spiro atoms. The third-order valence-electron chi connectivity index (χ3n) is 6.70. The predicted octanol–water partition coefficient (Wildman–Crippen LogP) is 2.28. The fourth-order valence-corrected chi connectivity index (χ4v) is 4.91. The maximum absolute atomic E-state index is 13.6. The molecule has 31 heavy (non-hydrogen) atoms. The summed E-state index contributed by atoms with van der Waals surface area (Å²) in [5.74, 6) is 0.0710. The lowest BCUT2D eigenvalue weighted by Gasteiger charge is -2.45. The molecule has 1 aromatic carbocycles. The van der Waals surface area contributed by atoms with Gasteiger partial charge >= 0.3 is 6.03 Å². The van der Waals surface area contributed by atoms with Crippen molar-refractivity contribution >= 4 is 17.7 Å². The number of nitrogens with one attached hydrogen (secondary N) is 1. The first-order chi connectivity index (χ1) is 14.8. The van der Waals surface area contributed by atoms with Gasteiger partial charge in [0.25, 0.3) is 0 Å². The van der Waals surface area contributed by atoms with Crippen LogP contribution in [0.3, 0.4) is 0 Å². The van der Waals surface area contributed by atoms with Crippen LogP contribution in [-0.2, 0) is 16.1 Å². The van der Waals surface area contributed by atoms with Crippen molar-refractivity contribution < 1.29 is 14.4 Å². The zero-order valence-electron chi connectivity index (χ0n) is 19.3. The van der Waals surface area contributed by atoms with Crippen molar-refractivity contribution in [2.24, 2.45) is 11.8 Å². The second kappa shape index (κ2) is 10.4.